The standard InChI is InChI=1S/C19H12Cl2N6O2/c20-13-7-6-11(9-14(13)21)25-18-17(27(28)29)19(24-10-23-18)26-16-5-1-4-15-12(16)3-2-8-22-15/h1-10H,(H2,23,24,25,26). The lowest BCUT2D eigenvalue weighted by atomic mass is 10.2. The highest BCUT2D eigenvalue weighted by Gasteiger charge is 2.24. The largest absolute Gasteiger partial charge is 0.353 e. The van der Waals surface area contributed by atoms with Crippen LogP contribution in [0, 0.1) is 10.1 Å². The molecule has 0 unspecified atom stereocenters. The molecule has 0 aliphatic carbocycles. The van der Waals surface area contributed by atoms with Gasteiger partial charge in [0, 0.05) is 23.0 Å². The van der Waals surface area contributed by atoms with Crippen LogP contribution in [0.5, 0.6) is 0 Å². The van der Waals surface area contributed by atoms with Gasteiger partial charge in [0.25, 0.3) is 0 Å². The average Bonchev–Trinajstić information content (AvgIpc) is 2.71. The van der Waals surface area contributed by atoms with Gasteiger partial charge in [-0.05, 0) is 42.5 Å². The highest BCUT2D eigenvalue weighted by atomic mass is 35.5. The van der Waals surface area contributed by atoms with Crippen molar-refractivity contribution in [3.05, 3.63) is 81.2 Å². The molecule has 4 rings (SSSR count). The van der Waals surface area contributed by atoms with E-state index in [2.05, 4.69) is 25.6 Å². The molecule has 10 heteroatoms. The second kappa shape index (κ2) is 7.86. The Bertz CT molecular complexity index is 1230. The Morgan fingerprint density at radius 1 is 0.897 bits per heavy atom. The summed E-state index contributed by atoms with van der Waals surface area (Å²) in [7, 11) is 0. The van der Waals surface area contributed by atoms with E-state index in [1.807, 2.05) is 12.1 Å². The summed E-state index contributed by atoms with van der Waals surface area (Å²) in [4.78, 5) is 23.6. The summed E-state index contributed by atoms with van der Waals surface area (Å²) in [5.41, 5.74) is 1.59. The number of benzene rings is 2. The minimum Gasteiger partial charge on any atom is -0.334 e. The van der Waals surface area contributed by atoms with Crippen molar-refractivity contribution >= 4 is 62.8 Å². The second-order valence-corrected chi connectivity index (χ2v) is 6.75. The molecule has 0 spiro atoms. The van der Waals surface area contributed by atoms with Gasteiger partial charge in [-0.3, -0.25) is 15.1 Å². The number of halogens is 2. The average molecular weight is 427 g/mol. The normalized spacial score (nSPS) is 10.7. The van der Waals surface area contributed by atoms with Gasteiger partial charge in [-0.1, -0.05) is 29.3 Å². The first-order chi connectivity index (χ1) is 14.0. The van der Waals surface area contributed by atoms with Gasteiger partial charge in [0.15, 0.2) is 0 Å². The molecule has 0 atom stereocenters. The van der Waals surface area contributed by atoms with E-state index < -0.39 is 4.92 Å². The van der Waals surface area contributed by atoms with Crippen LogP contribution in [0.25, 0.3) is 10.9 Å². The maximum atomic E-state index is 11.8. The van der Waals surface area contributed by atoms with E-state index in [9.17, 15) is 10.1 Å². The van der Waals surface area contributed by atoms with Crippen molar-refractivity contribution in [2.24, 2.45) is 0 Å². The molecular weight excluding hydrogens is 415 g/mol. The number of pyridine rings is 1. The predicted molar refractivity (Wildman–Crippen MR) is 113 cm³/mol. The number of hydrogen-bond acceptors (Lipinski definition) is 7. The quantitative estimate of drug-likeness (QED) is 0.310. The van der Waals surface area contributed by atoms with E-state index in [1.165, 1.54) is 6.33 Å². The van der Waals surface area contributed by atoms with Crippen LogP contribution in [-0.4, -0.2) is 19.9 Å². The number of nitrogens with one attached hydrogen (secondary N) is 2. The van der Waals surface area contributed by atoms with E-state index >= 15 is 0 Å². The van der Waals surface area contributed by atoms with Crippen molar-refractivity contribution in [2.75, 3.05) is 10.6 Å². The zero-order valence-corrected chi connectivity index (χ0v) is 16.1. The highest BCUT2D eigenvalue weighted by Crippen LogP contribution is 2.35. The Labute approximate surface area is 174 Å². The summed E-state index contributed by atoms with van der Waals surface area (Å²) in [6.07, 6.45) is 2.91. The lowest BCUT2D eigenvalue weighted by molar-refractivity contribution is -0.383. The van der Waals surface area contributed by atoms with Gasteiger partial charge in [-0.15, -0.1) is 0 Å². The zero-order chi connectivity index (χ0) is 20.4. The van der Waals surface area contributed by atoms with Crippen LogP contribution in [0.3, 0.4) is 0 Å². The number of aromatic nitrogens is 3. The molecule has 2 N–H and O–H groups in total. The smallest absolute Gasteiger partial charge is 0.334 e. The van der Waals surface area contributed by atoms with Crippen molar-refractivity contribution in [3.63, 3.8) is 0 Å². The Morgan fingerprint density at radius 3 is 2.45 bits per heavy atom. The summed E-state index contributed by atoms with van der Waals surface area (Å²) in [5, 5.41) is 19.2. The molecule has 2 heterocycles. The van der Waals surface area contributed by atoms with Gasteiger partial charge in [0.05, 0.1) is 20.5 Å². The van der Waals surface area contributed by atoms with Gasteiger partial charge in [-0.25, -0.2) is 9.97 Å². The molecule has 4 aromatic rings. The van der Waals surface area contributed by atoms with Crippen molar-refractivity contribution < 1.29 is 4.92 Å². The molecule has 0 bridgehead atoms. The fourth-order valence-corrected chi connectivity index (χ4v) is 3.08. The molecule has 144 valence electrons. The molecule has 0 radical (unpaired) electrons. The molecule has 2 aromatic carbocycles. The van der Waals surface area contributed by atoms with Crippen LogP contribution in [-0.2, 0) is 0 Å². The minimum atomic E-state index is -0.550. The number of fused-ring (bicyclic) bond motifs is 1. The van der Waals surface area contributed by atoms with Crippen LogP contribution in [0.15, 0.2) is 61.1 Å². The van der Waals surface area contributed by atoms with E-state index in [0.717, 1.165) is 10.9 Å². The summed E-state index contributed by atoms with van der Waals surface area (Å²) in [6, 6.07) is 13.9. The Balaban J connectivity index is 1.75. The number of anilines is 4. The van der Waals surface area contributed by atoms with Gasteiger partial charge < -0.3 is 10.6 Å². The monoisotopic (exact) mass is 426 g/mol. The maximum absolute atomic E-state index is 11.8. The lowest BCUT2D eigenvalue weighted by Gasteiger charge is -2.12. The first-order valence-electron chi connectivity index (χ1n) is 8.35. The van der Waals surface area contributed by atoms with E-state index in [4.69, 9.17) is 23.2 Å². The summed E-state index contributed by atoms with van der Waals surface area (Å²) in [5.74, 6) is 0.0631. The predicted octanol–water partition coefficient (Wildman–Crippen LogP) is 5.73. The number of nitrogens with zero attached hydrogens (tertiary/aromatic N) is 4. The lowest BCUT2D eigenvalue weighted by Crippen LogP contribution is -2.05. The number of rotatable bonds is 5. The van der Waals surface area contributed by atoms with Crippen molar-refractivity contribution in [1.82, 2.24) is 15.0 Å². The molecule has 0 saturated carbocycles. The molecule has 0 aliphatic heterocycles. The molecule has 29 heavy (non-hydrogen) atoms. The molecule has 8 nitrogen and oxygen atoms in total. The fourth-order valence-electron chi connectivity index (χ4n) is 2.79. The van der Waals surface area contributed by atoms with Crippen LogP contribution in [0.4, 0.5) is 28.7 Å². The summed E-state index contributed by atoms with van der Waals surface area (Å²) >= 11 is 11.9. The van der Waals surface area contributed by atoms with Crippen molar-refractivity contribution in [3.8, 4) is 0 Å². The molecule has 0 saturated heterocycles. The zero-order valence-electron chi connectivity index (χ0n) is 14.6. The molecule has 2 aromatic heterocycles. The SMILES string of the molecule is O=[N+]([O-])c1c(Nc2ccc(Cl)c(Cl)c2)ncnc1Nc1cccc2ncccc12. The van der Waals surface area contributed by atoms with Crippen molar-refractivity contribution in [2.45, 2.75) is 0 Å². The van der Waals surface area contributed by atoms with Gasteiger partial charge in [-0.2, -0.15) is 0 Å². The fraction of sp³-hybridized carbons (Fsp3) is 0. The van der Waals surface area contributed by atoms with Crippen LogP contribution < -0.4 is 10.6 Å². The first kappa shape index (κ1) is 18.9. The maximum Gasteiger partial charge on any atom is 0.353 e. The number of nitro groups is 1. The first-order valence-corrected chi connectivity index (χ1v) is 9.11. The molecule has 0 fully saturated rings. The van der Waals surface area contributed by atoms with Gasteiger partial charge in [0.1, 0.15) is 6.33 Å². The minimum absolute atomic E-state index is 0.0178. The highest BCUT2D eigenvalue weighted by molar-refractivity contribution is 6.42. The summed E-state index contributed by atoms with van der Waals surface area (Å²) < 4.78 is 0. The summed E-state index contributed by atoms with van der Waals surface area (Å²) in [6.45, 7) is 0. The molecule has 0 aliphatic rings. The molecule has 0 amide bonds. The van der Waals surface area contributed by atoms with E-state index in [0.29, 0.717) is 21.4 Å². The van der Waals surface area contributed by atoms with Crippen LogP contribution in [0.1, 0.15) is 0 Å². The second-order valence-electron chi connectivity index (χ2n) is 5.93. The van der Waals surface area contributed by atoms with Gasteiger partial charge >= 0.3 is 5.69 Å². The Morgan fingerprint density at radius 2 is 1.69 bits per heavy atom. The Kier molecular flexibility index (Phi) is 5.11. The topological polar surface area (TPSA) is 106 Å². The Hall–Kier alpha value is -3.49. The third-order valence-electron chi connectivity index (χ3n) is 4.09. The van der Waals surface area contributed by atoms with Gasteiger partial charge in [0.2, 0.25) is 11.6 Å². The number of hydrogen-bond donors (Lipinski definition) is 2. The van der Waals surface area contributed by atoms with E-state index in [1.54, 1.807) is 42.6 Å². The third-order valence-corrected chi connectivity index (χ3v) is 4.82. The molecular formula is C19H12Cl2N6O2. The third kappa shape index (κ3) is 3.89. The van der Waals surface area contributed by atoms with Crippen molar-refractivity contribution in [1.29, 1.82) is 0 Å². The van der Waals surface area contributed by atoms with Crippen LogP contribution >= 0.6 is 23.2 Å². The van der Waals surface area contributed by atoms with E-state index in [-0.39, 0.29) is 17.3 Å². The van der Waals surface area contributed by atoms with Crippen LogP contribution in [0.2, 0.25) is 10.0 Å².